The highest BCUT2D eigenvalue weighted by Crippen LogP contribution is 2.23. The van der Waals surface area contributed by atoms with Crippen molar-refractivity contribution in [2.24, 2.45) is 5.73 Å². The molecule has 0 amide bonds. The molecule has 110 valence electrons. The van der Waals surface area contributed by atoms with Crippen LogP contribution in [-0.4, -0.2) is 24.5 Å². The summed E-state index contributed by atoms with van der Waals surface area (Å²) in [5.41, 5.74) is 5.59. The lowest BCUT2D eigenvalue weighted by atomic mass is 10.0. The maximum Gasteiger partial charge on any atom is 0.377 e. The zero-order valence-corrected chi connectivity index (χ0v) is 11.9. The van der Waals surface area contributed by atoms with E-state index in [0.29, 0.717) is 6.42 Å². The molecule has 0 saturated carbocycles. The molecule has 0 aromatic rings. The largest absolute Gasteiger partial charge is 0.462 e. The Hall–Kier alpha value is -0.420. The molecule has 0 aliphatic carbocycles. The van der Waals surface area contributed by atoms with Gasteiger partial charge in [-0.05, 0) is 13.3 Å². The number of carbonyl (C=O) groups is 1. The molecule has 0 aromatic carbocycles. The number of halogens is 3. The van der Waals surface area contributed by atoms with Crippen LogP contribution in [0.25, 0.3) is 0 Å². The standard InChI is InChI=1S/C12H23F2NO2.ClH/c1-3-5-6-7-8-10(15)9-12(13,14)11(16)17-4-2;/h10H,3-9,15H2,1-2H3;1H/t10-;/m0./s1. The van der Waals surface area contributed by atoms with E-state index in [2.05, 4.69) is 11.7 Å². The fourth-order valence-corrected chi connectivity index (χ4v) is 1.58. The van der Waals surface area contributed by atoms with Gasteiger partial charge in [-0.1, -0.05) is 32.6 Å². The molecule has 0 saturated heterocycles. The molecular formula is C12H24ClF2NO2. The van der Waals surface area contributed by atoms with Gasteiger partial charge in [-0.2, -0.15) is 8.78 Å². The van der Waals surface area contributed by atoms with Gasteiger partial charge in [-0.15, -0.1) is 12.4 Å². The van der Waals surface area contributed by atoms with Gasteiger partial charge in [0.05, 0.1) is 6.61 Å². The summed E-state index contributed by atoms with van der Waals surface area (Å²) in [5, 5.41) is 0. The number of nitrogens with two attached hydrogens (primary N) is 1. The first kappa shape index (κ1) is 19.9. The predicted molar refractivity (Wildman–Crippen MR) is 70.2 cm³/mol. The van der Waals surface area contributed by atoms with Crippen molar-refractivity contribution < 1.29 is 18.3 Å². The molecule has 0 rings (SSSR count). The van der Waals surface area contributed by atoms with Gasteiger partial charge in [0.15, 0.2) is 0 Å². The minimum absolute atomic E-state index is 0. The molecule has 0 unspecified atom stereocenters. The van der Waals surface area contributed by atoms with E-state index in [9.17, 15) is 13.6 Å². The number of ether oxygens (including phenoxy) is 1. The molecule has 0 bridgehead atoms. The van der Waals surface area contributed by atoms with E-state index in [1.165, 1.54) is 6.92 Å². The van der Waals surface area contributed by atoms with Gasteiger partial charge >= 0.3 is 11.9 Å². The first-order chi connectivity index (χ1) is 7.94. The number of esters is 1. The maximum absolute atomic E-state index is 13.3. The predicted octanol–water partition coefficient (Wildman–Crippen LogP) is 3.29. The van der Waals surface area contributed by atoms with E-state index in [0.717, 1.165) is 25.7 Å². The highest BCUT2D eigenvalue weighted by molar-refractivity contribution is 5.85. The molecule has 0 aromatic heterocycles. The van der Waals surface area contributed by atoms with Crippen LogP contribution in [0, 0.1) is 0 Å². The van der Waals surface area contributed by atoms with Gasteiger partial charge in [-0.3, -0.25) is 0 Å². The van der Waals surface area contributed by atoms with Crippen molar-refractivity contribution in [3.8, 4) is 0 Å². The van der Waals surface area contributed by atoms with Crippen LogP contribution < -0.4 is 5.73 Å². The summed E-state index contributed by atoms with van der Waals surface area (Å²) in [6, 6.07) is -0.647. The maximum atomic E-state index is 13.3. The molecule has 18 heavy (non-hydrogen) atoms. The SMILES string of the molecule is CCCCCC[C@H](N)CC(F)(F)C(=O)OCC.Cl. The Kier molecular flexibility index (Phi) is 11.6. The quantitative estimate of drug-likeness (QED) is 0.523. The van der Waals surface area contributed by atoms with Crippen molar-refractivity contribution in [2.45, 2.75) is 64.3 Å². The highest BCUT2D eigenvalue weighted by atomic mass is 35.5. The Balaban J connectivity index is 0. The van der Waals surface area contributed by atoms with Gasteiger partial charge in [0.1, 0.15) is 0 Å². The number of hydrogen-bond acceptors (Lipinski definition) is 3. The van der Waals surface area contributed by atoms with Crippen molar-refractivity contribution in [2.75, 3.05) is 6.61 Å². The van der Waals surface area contributed by atoms with Crippen molar-refractivity contribution >= 4 is 18.4 Å². The van der Waals surface area contributed by atoms with Crippen molar-refractivity contribution in [1.29, 1.82) is 0 Å². The number of unbranched alkanes of at least 4 members (excludes halogenated alkanes) is 3. The molecule has 0 spiro atoms. The van der Waals surface area contributed by atoms with Crippen molar-refractivity contribution in [1.82, 2.24) is 0 Å². The average Bonchev–Trinajstić information content (AvgIpc) is 2.24. The minimum Gasteiger partial charge on any atom is -0.462 e. The average molecular weight is 288 g/mol. The van der Waals surface area contributed by atoms with Gasteiger partial charge in [-0.25, -0.2) is 4.79 Å². The first-order valence-electron chi connectivity index (χ1n) is 6.24. The second-order valence-corrected chi connectivity index (χ2v) is 4.24. The van der Waals surface area contributed by atoms with Crippen LogP contribution >= 0.6 is 12.4 Å². The summed E-state index contributed by atoms with van der Waals surface area (Å²) >= 11 is 0. The zero-order valence-electron chi connectivity index (χ0n) is 11.1. The van der Waals surface area contributed by atoms with Gasteiger partial charge < -0.3 is 10.5 Å². The number of rotatable bonds is 9. The highest BCUT2D eigenvalue weighted by Gasteiger charge is 2.41. The Morgan fingerprint density at radius 3 is 2.39 bits per heavy atom. The molecule has 2 N–H and O–H groups in total. The molecule has 3 nitrogen and oxygen atoms in total. The lowest BCUT2D eigenvalue weighted by Gasteiger charge is -2.18. The molecule has 6 heteroatoms. The number of carbonyl (C=O) groups excluding carboxylic acids is 1. The molecule has 0 aliphatic rings. The van der Waals surface area contributed by atoms with Crippen LogP contribution in [0.4, 0.5) is 8.78 Å². The van der Waals surface area contributed by atoms with E-state index in [1.807, 2.05) is 0 Å². The minimum atomic E-state index is -3.46. The third kappa shape index (κ3) is 8.64. The van der Waals surface area contributed by atoms with Gasteiger partial charge in [0.2, 0.25) is 0 Å². The zero-order chi connectivity index (χ0) is 13.3. The molecule has 1 atom stereocenters. The lowest BCUT2D eigenvalue weighted by molar-refractivity contribution is -0.173. The fraction of sp³-hybridized carbons (Fsp3) is 0.917. The Labute approximate surface area is 114 Å². The smallest absolute Gasteiger partial charge is 0.377 e. The second-order valence-electron chi connectivity index (χ2n) is 4.24. The normalized spacial score (nSPS) is 12.7. The summed E-state index contributed by atoms with van der Waals surface area (Å²) in [4.78, 5) is 10.9. The summed E-state index contributed by atoms with van der Waals surface area (Å²) in [5.74, 6) is -4.93. The molecule has 0 fully saturated rings. The van der Waals surface area contributed by atoms with Crippen molar-refractivity contribution in [3.05, 3.63) is 0 Å². The van der Waals surface area contributed by atoms with E-state index in [-0.39, 0.29) is 19.0 Å². The van der Waals surface area contributed by atoms with E-state index < -0.39 is 24.4 Å². The summed E-state index contributed by atoms with van der Waals surface area (Å²) in [6.07, 6.45) is 3.89. The third-order valence-electron chi connectivity index (χ3n) is 2.52. The Bertz CT molecular complexity index is 228. The number of alkyl halides is 2. The molecule has 0 heterocycles. The van der Waals surface area contributed by atoms with Crippen molar-refractivity contribution in [3.63, 3.8) is 0 Å². The summed E-state index contributed by atoms with van der Waals surface area (Å²) < 4.78 is 30.9. The van der Waals surface area contributed by atoms with Crippen LogP contribution in [0.1, 0.15) is 52.4 Å². The topological polar surface area (TPSA) is 52.3 Å². The third-order valence-corrected chi connectivity index (χ3v) is 2.52. The van der Waals surface area contributed by atoms with Crippen LogP contribution in [0.3, 0.4) is 0 Å². The van der Waals surface area contributed by atoms with Gasteiger partial charge in [0.25, 0.3) is 0 Å². The molecule has 0 radical (unpaired) electrons. The van der Waals surface area contributed by atoms with Crippen LogP contribution in [0.2, 0.25) is 0 Å². The Morgan fingerprint density at radius 2 is 1.89 bits per heavy atom. The first-order valence-corrected chi connectivity index (χ1v) is 6.24. The van der Waals surface area contributed by atoms with E-state index in [1.54, 1.807) is 0 Å². The van der Waals surface area contributed by atoms with Crippen LogP contribution in [-0.2, 0) is 9.53 Å². The summed E-state index contributed by atoms with van der Waals surface area (Å²) in [6.45, 7) is 3.54. The fourth-order valence-electron chi connectivity index (χ4n) is 1.58. The second kappa shape index (κ2) is 10.5. The molecule has 0 aliphatic heterocycles. The van der Waals surface area contributed by atoms with Crippen LogP contribution in [0.15, 0.2) is 0 Å². The number of hydrogen-bond donors (Lipinski definition) is 1. The van der Waals surface area contributed by atoms with Crippen LogP contribution in [0.5, 0.6) is 0 Å². The van der Waals surface area contributed by atoms with Gasteiger partial charge in [0, 0.05) is 12.5 Å². The monoisotopic (exact) mass is 287 g/mol. The van der Waals surface area contributed by atoms with E-state index >= 15 is 0 Å². The summed E-state index contributed by atoms with van der Waals surface area (Å²) in [7, 11) is 0. The molecular weight excluding hydrogens is 264 g/mol. The van der Waals surface area contributed by atoms with E-state index in [4.69, 9.17) is 5.73 Å². The lowest BCUT2D eigenvalue weighted by Crippen LogP contribution is -2.37. The Morgan fingerprint density at radius 1 is 1.28 bits per heavy atom.